The summed E-state index contributed by atoms with van der Waals surface area (Å²) >= 11 is 1.58. The van der Waals surface area contributed by atoms with Crippen molar-refractivity contribution in [3.8, 4) is 0 Å². The van der Waals surface area contributed by atoms with Gasteiger partial charge in [-0.3, -0.25) is 4.79 Å². The van der Waals surface area contributed by atoms with Gasteiger partial charge in [-0.25, -0.2) is 4.98 Å². The highest BCUT2D eigenvalue weighted by molar-refractivity contribution is 7.13. The summed E-state index contributed by atoms with van der Waals surface area (Å²) in [4.78, 5) is 17.6. The third-order valence-electron chi connectivity index (χ3n) is 3.44. The lowest BCUT2D eigenvalue weighted by Crippen LogP contribution is -2.36. The molecule has 0 amide bonds. The molecule has 1 aliphatic rings. The molecule has 5 heteroatoms. The second kappa shape index (κ2) is 6.37. The molecule has 4 nitrogen and oxygen atoms in total. The number of carbonyl (C=O) groups is 1. The van der Waals surface area contributed by atoms with Gasteiger partial charge in [0.25, 0.3) is 0 Å². The van der Waals surface area contributed by atoms with Gasteiger partial charge in [0, 0.05) is 18.0 Å². The molecule has 0 spiro atoms. The summed E-state index contributed by atoms with van der Waals surface area (Å²) < 4.78 is 0. The number of hydrogen-bond donors (Lipinski definition) is 1. The maximum absolute atomic E-state index is 10.7. The van der Waals surface area contributed by atoms with Gasteiger partial charge in [0.1, 0.15) is 0 Å². The van der Waals surface area contributed by atoms with Crippen LogP contribution >= 0.6 is 11.3 Å². The Labute approximate surface area is 118 Å². The fourth-order valence-electron chi connectivity index (χ4n) is 2.66. The minimum atomic E-state index is -0.812. The lowest BCUT2D eigenvalue weighted by atomic mass is 10.1. The summed E-state index contributed by atoms with van der Waals surface area (Å²) in [6.07, 6.45) is 5.09. The molecule has 0 radical (unpaired) electrons. The number of rotatable bonds is 6. The fourth-order valence-corrected chi connectivity index (χ4v) is 3.56. The SMILES string of the molecule is CC(C)CN(c1nc(CC(=O)O)cs1)C1CCCC1. The van der Waals surface area contributed by atoms with Crippen molar-refractivity contribution in [2.24, 2.45) is 5.92 Å². The maximum Gasteiger partial charge on any atom is 0.309 e. The predicted octanol–water partition coefficient (Wildman–Crippen LogP) is 3.18. The van der Waals surface area contributed by atoms with E-state index in [4.69, 9.17) is 5.11 Å². The Balaban J connectivity index is 2.12. The van der Waals surface area contributed by atoms with Crippen molar-refractivity contribution in [2.75, 3.05) is 11.4 Å². The summed E-state index contributed by atoms with van der Waals surface area (Å²) in [5.74, 6) is -0.222. The van der Waals surface area contributed by atoms with Crippen LogP contribution in [0.2, 0.25) is 0 Å². The van der Waals surface area contributed by atoms with Gasteiger partial charge in [-0.15, -0.1) is 11.3 Å². The summed E-state index contributed by atoms with van der Waals surface area (Å²) in [5, 5.41) is 11.7. The highest BCUT2D eigenvalue weighted by atomic mass is 32.1. The van der Waals surface area contributed by atoms with Crippen molar-refractivity contribution in [3.63, 3.8) is 0 Å². The van der Waals surface area contributed by atoms with Crippen molar-refractivity contribution in [1.29, 1.82) is 0 Å². The molecule has 1 aromatic heterocycles. The number of aromatic nitrogens is 1. The normalized spacial score (nSPS) is 16.2. The number of carboxylic acids is 1. The summed E-state index contributed by atoms with van der Waals surface area (Å²) in [5.41, 5.74) is 0.680. The van der Waals surface area contributed by atoms with E-state index in [-0.39, 0.29) is 6.42 Å². The molecule has 2 rings (SSSR count). The minimum absolute atomic E-state index is 0.0245. The van der Waals surface area contributed by atoms with Crippen LogP contribution in [0.1, 0.15) is 45.2 Å². The van der Waals surface area contributed by atoms with Crippen molar-refractivity contribution in [3.05, 3.63) is 11.1 Å². The van der Waals surface area contributed by atoms with E-state index in [9.17, 15) is 4.79 Å². The second-order valence-electron chi connectivity index (χ2n) is 5.68. The van der Waals surface area contributed by atoms with Crippen LogP contribution in [-0.4, -0.2) is 28.6 Å². The Morgan fingerprint density at radius 1 is 1.53 bits per heavy atom. The van der Waals surface area contributed by atoms with E-state index in [1.807, 2.05) is 5.38 Å². The molecule has 0 atom stereocenters. The van der Waals surface area contributed by atoms with Gasteiger partial charge >= 0.3 is 5.97 Å². The molecule has 1 heterocycles. The molecule has 1 aromatic rings. The van der Waals surface area contributed by atoms with Crippen LogP contribution in [0.5, 0.6) is 0 Å². The number of carboxylic acid groups (broad SMARTS) is 1. The quantitative estimate of drug-likeness (QED) is 0.870. The molecule has 1 saturated carbocycles. The summed E-state index contributed by atoms with van der Waals surface area (Å²) in [6, 6.07) is 0.589. The summed E-state index contributed by atoms with van der Waals surface area (Å²) in [7, 11) is 0. The molecule has 0 aromatic carbocycles. The Kier molecular flexibility index (Phi) is 4.80. The average molecular weight is 282 g/mol. The first-order chi connectivity index (χ1) is 9.06. The average Bonchev–Trinajstić information content (AvgIpc) is 2.95. The standard InChI is InChI=1S/C14H22N2O2S/c1-10(2)8-16(12-5-3-4-6-12)14-15-11(9-19-14)7-13(17)18/h9-10,12H,3-8H2,1-2H3,(H,17,18). The van der Waals surface area contributed by atoms with Gasteiger partial charge in [-0.05, 0) is 18.8 Å². The van der Waals surface area contributed by atoms with Crippen molar-refractivity contribution in [1.82, 2.24) is 4.98 Å². The van der Waals surface area contributed by atoms with E-state index in [0.717, 1.165) is 11.7 Å². The van der Waals surface area contributed by atoms with E-state index in [2.05, 4.69) is 23.7 Å². The van der Waals surface area contributed by atoms with Gasteiger partial charge < -0.3 is 10.0 Å². The topological polar surface area (TPSA) is 53.4 Å². The highest BCUT2D eigenvalue weighted by Gasteiger charge is 2.25. The first-order valence-corrected chi connectivity index (χ1v) is 7.87. The van der Waals surface area contributed by atoms with Crippen molar-refractivity contribution >= 4 is 22.4 Å². The number of thiazole rings is 1. The zero-order chi connectivity index (χ0) is 13.8. The van der Waals surface area contributed by atoms with Crippen LogP contribution in [-0.2, 0) is 11.2 Å². The van der Waals surface area contributed by atoms with Crippen LogP contribution in [0.3, 0.4) is 0 Å². The molecule has 0 saturated heterocycles. The van der Waals surface area contributed by atoms with Gasteiger partial charge in [0.2, 0.25) is 0 Å². The van der Waals surface area contributed by atoms with Crippen LogP contribution in [0.4, 0.5) is 5.13 Å². The van der Waals surface area contributed by atoms with E-state index in [1.54, 1.807) is 11.3 Å². The monoisotopic (exact) mass is 282 g/mol. The van der Waals surface area contributed by atoms with Crippen molar-refractivity contribution < 1.29 is 9.90 Å². The number of anilines is 1. The molecule has 0 unspecified atom stereocenters. The molecule has 19 heavy (non-hydrogen) atoms. The smallest absolute Gasteiger partial charge is 0.309 e. The molecule has 0 bridgehead atoms. The van der Waals surface area contributed by atoms with Gasteiger partial charge in [0.15, 0.2) is 5.13 Å². The molecular weight excluding hydrogens is 260 g/mol. The van der Waals surface area contributed by atoms with E-state index in [1.165, 1.54) is 25.7 Å². The third-order valence-corrected chi connectivity index (χ3v) is 4.37. The van der Waals surface area contributed by atoms with Crippen LogP contribution < -0.4 is 4.90 Å². The summed E-state index contributed by atoms with van der Waals surface area (Å²) in [6.45, 7) is 5.44. The first kappa shape index (κ1) is 14.3. The Morgan fingerprint density at radius 2 is 2.21 bits per heavy atom. The molecule has 1 fully saturated rings. The molecule has 0 aliphatic heterocycles. The fraction of sp³-hybridized carbons (Fsp3) is 0.714. The number of nitrogens with zero attached hydrogens (tertiary/aromatic N) is 2. The van der Waals surface area contributed by atoms with E-state index >= 15 is 0 Å². The van der Waals surface area contributed by atoms with Crippen LogP contribution in [0, 0.1) is 5.92 Å². The van der Waals surface area contributed by atoms with Crippen molar-refractivity contribution in [2.45, 2.75) is 52.0 Å². The largest absolute Gasteiger partial charge is 0.481 e. The number of hydrogen-bond acceptors (Lipinski definition) is 4. The zero-order valence-electron chi connectivity index (χ0n) is 11.6. The van der Waals surface area contributed by atoms with Gasteiger partial charge in [0.05, 0.1) is 12.1 Å². The Morgan fingerprint density at radius 3 is 2.79 bits per heavy atom. The lowest BCUT2D eigenvalue weighted by Gasteiger charge is -2.30. The first-order valence-electron chi connectivity index (χ1n) is 6.99. The highest BCUT2D eigenvalue weighted by Crippen LogP contribution is 2.31. The van der Waals surface area contributed by atoms with E-state index in [0.29, 0.717) is 17.7 Å². The molecule has 1 aliphatic carbocycles. The van der Waals surface area contributed by atoms with Crippen LogP contribution in [0.25, 0.3) is 0 Å². The minimum Gasteiger partial charge on any atom is -0.481 e. The second-order valence-corrected chi connectivity index (χ2v) is 6.51. The van der Waals surface area contributed by atoms with Gasteiger partial charge in [-0.2, -0.15) is 0 Å². The predicted molar refractivity (Wildman–Crippen MR) is 77.9 cm³/mol. The third kappa shape index (κ3) is 3.93. The lowest BCUT2D eigenvalue weighted by molar-refractivity contribution is -0.136. The Bertz CT molecular complexity index is 425. The number of aliphatic carboxylic acids is 1. The molecular formula is C14H22N2O2S. The van der Waals surface area contributed by atoms with Crippen LogP contribution in [0.15, 0.2) is 5.38 Å². The molecule has 106 valence electrons. The Hall–Kier alpha value is -1.10. The van der Waals surface area contributed by atoms with Gasteiger partial charge in [-0.1, -0.05) is 26.7 Å². The maximum atomic E-state index is 10.7. The zero-order valence-corrected chi connectivity index (χ0v) is 12.4. The van der Waals surface area contributed by atoms with E-state index < -0.39 is 5.97 Å². The molecule has 1 N–H and O–H groups in total.